The molecule has 7 nitrogen and oxygen atoms in total. The number of halogens is 1. The van der Waals surface area contributed by atoms with Gasteiger partial charge in [-0.3, -0.25) is 4.79 Å². The Morgan fingerprint density at radius 1 is 1.14 bits per heavy atom. The number of hydrogen-bond donors (Lipinski definition) is 0. The molecule has 0 aliphatic carbocycles. The minimum absolute atomic E-state index is 0.181. The highest BCUT2D eigenvalue weighted by atomic mass is 32.1. The zero-order chi connectivity index (χ0) is 24.2. The van der Waals surface area contributed by atoms with Crippen LogP contribution in [0.3, 0.4) is 0 Å². The molecule has 1 aliphatic rings. The van der Waals surface area contributed by atoms with E-state index < -0.39 is 0 Å². The Balaban J connectivity index is 1.28. The second-order valence-electron chi connectivity index (χ2n) is 8.10. The molecule has 0 bridgehead atoms. The van der Waals surface area contributed by atoms with Crippen LogP contribution in [0.2, 0.25) is 0 Å². The van der Waals surface area contributed by atoms with Crippen molar-refractivity contribution in [3.8, 4) is 17.2 Å². The molecule has 9 heteroatoms. The maximum absolute atomic E-state index is 13.5. The quantitative estimate of drug-likeness (QED) is 0.319. The SMILES string of the molecule is CCCc1nnc(-c2ccc(OCC(=O)N3N=C(c4cccs4)CC3c3ccc(F)cc3)cc2)o1. The molecular formula is C26H23FN4O3S. The van der Waals surface area contributed by atoms with Crippen LogP contribution in [0, 0.1) is 5.82 Å². The fourth-order valence-electron chi connectivity index (χ4n) is 3.87. The van der Waals surface area contributed by atoms with Gasteiger partial charge in [0.1, 0.15) is 11.6 Å². The van der Waals surface area contributed by atoms with E-state index in [9.17, 15) is 9.18 Å². The van der Waals surface area contributed by atoms with Crippen LogP contribution in [0.1, 0.15) is 42.1 Å². The fourth-order valence-corrected chi connectivity index (χ4v) is 4.59. The van der Waals surface area contributed by atoms with Crippen molar-refractivity contribution in [3.63, 3.8) is 0 Å². The number of rotatable bonds is 8. The molecule has 3 heterocycles. The van der Waals surface area contributed by atoms with Gasteiger partial charge in [0.2, 0.25) is 11.8 Å². The number of carbonyl (C=O) groups excluding carboxylic acids is 1. The van der Waals surface area contributed by atoms with Crippen molar-refractivity contribution in [3.05, 3.63) is 88.2 Å². The second kappa shape index (κ2) is 10.2. The van der Waals surface area contributed by atoms with E-state index in [-0.39, 0.29) is 24.4 Å². The number of thiophene rings is 1. The van der Waals surface area contributed by atoms with Gasteiger partial charge in [0.05, 0.1) is 16.6 Å². The second-order valence-corrected chi connectivity index (χ2v) is 9.05. The summed E-state index contributed by atoms with van der Waals surface area (Å²) < 4.78 is 24.9. The first kappa shape index (κ1) is 22.9. The van der Waals surface area contributed by atoms with Gasteiger partial charge in [0, 0.05) is 18.4 Å². The molecule has 178 valence electrons. The molecule has 0 spiro atoms. The van der Waals surface area contributed by atoms with Crippen LogP contribution in [0.4, 0.5) is 4.39 Å². The first-order chi connectivity index (χ1) is 17.1. The highest BCUT2D eigenvalue weighted by molar-refractivity contribution is 7.12. The van der Waals surface area contributed by atoms with Crippen molar-refractivity contribution in [2.24, 2.45) is 5.10 Å². The Hall–Kier alpha value is -3.85. The third-order valence-corrected chi connectivity index (χ3v) is 6.54. The number of aryl methyl sites for hydroxylation is 1. The number of nitrogens with zero attached hydrogens (tertiary/aromatic N) is 4. The Labute approximate surface area is 205 Å². The molecule has 0 saturated carbocycles. The molecule has 5 rings (SSSR count). The predicted molar refractivity (Wildman–Crippen MR) is 131 cm³/mol. The largest absolute Gasteiger partial charge is 0.484 e. The summed E-state index contributed by atoms with van der Waals surface area (Å²) in [5, 5.41) is 16.1. The molecule has 1 amide bonds. The van der Waals surface area contributed by atoms with Crippen LogP contribution in [0.5, 0.6) is 5.75 Å². The normalized spacial score (nSPS) is 15.3. The van der Waals surface area contributed by atoms with E-state index in [2.05, 4.69) is 22.2 Å². The van der Waals surface area contributed by atoms with Crippen molar-refractivity contribution in [1.29, 1.82) is 0 Å². The van der Waals surface area contributed by atoms with E-state index in [4.69, 9.17) is 9.15 Å². The van der Waals surface area contributed by atoms with Crippen molar-refractivity contribution in [2.45, 2.75) is 32.2 Å². The number of benzene rings is 2. The first-order valence-corrected chi connectivity index (χ1v) is 12.2. The molecule has 1 aliphatic heterocycles. The lowest BCUT2D eigenvalue weighted by atomic mass is 10.0. The fraction of sp³-hybridized carbons (Fsp3) is 0.231. The molecule has 35 heavy (non-hydrogen) atoms. The van der Waals surface area contributed by atoms with Crippen LogP contribution >= 0.6 is 11.3 Å². The molecule has 2 aromatic heterocycles. The molecule has 1 unspecified atom stereocenters. The number of hydrazone groups is 1. The standard InChI is InChI=1S/C26H23FN4O3S/c1-2-4-24-28-29-26(34-24)18-8-12-20(13-9-18)33-16-25(32)31-22(17-6-10-19(27)11-7-17)15-21(30-31)23-5-3-14-35-23/h3,5-14,22H,2,4,15-16H2,1H3. The highest BCUT2D eigenvalue weighted by Gasteiger charge is 2.33. The monoisotopic (exact) mass is 490 g/mol. The molecule has 0 fully saturated rings. The summed E-state index contributed by atoms with van der Waals surface area (Å²) in [4.78, 5) is 14.1. The summed E-state index contributed by atoms with van der Waals surface area (Å²) in [7, 11) is 0. The molecule has 0 N–H and O–H groups in total. The molecule has 1 atom stereocenters. The number of amides is 1. The van der Waals surface area contributed by atoms with Gasteiger partial charge in [-0.25, -0.2) is 9.40 Å². The predicted octanol–water partition coefficient (Wildman–Crippen LogP) is 5.65. The maximum Gasteiger partial charge on any atom is 0.281 e. The minimum Gasteiger partial charge on any atom is -0.484 e. The van der Waals surface area contributed by atoms with E-state index in [0.29, 0.717) is 24.0 Å². The highest BCUT2D eigenvalue weighted by Crippen LogP contribution is 2.34. The summed E-state index contributed by atoms with van der Waals surface area (Å²) in [5.74, 6) is 0.993. The van der Waals surface area contributed by atoms with Crippen molar-refractivity contribution < 1.29 is 18.3 Å². The lowest BCUT2D eigenvalue weighted by molar-refractivity contribution is -0.135. The molecule has 0 saturated heterocycles. The topological polar surface area (TPSA) is 80.8 Å². The number of hydrogen-bond acceptors (Lipinski definition) is 7. The van der Waals surface area contributed by atoms with Gasteiger partial charge in [-0.1, -0.05) is 25.1 Å². The molecule has 2 aromatic carbocycles. The molecule has 4 aromatic rings. The zero-order valence-corrected chi connectivity index (χ0v) is 19.9. The van der Waals surface area contributed by atoms with Crippen LogP contribution in [-0.4, -0.2) is 33.4 Å². The average molecular weight is 491 g/mol. The Bertz CT molecular complexity index is 1320. The lowest BCUT2D eigenvalue weighted by Gasteiger charge is -2.22. The summed E-state index contributed by atoms with van der Waals surface area (Å²) in [5.41, 5.74) is 2.43. The van der Waals surface area contributed by atoms with Crippen LogP contribution in [-0.2, 0) is 11.2 Å². The van der Waals surface area contributed by atoms with Gasteiger partial charge < -0.3 is 9.15 Å². The van der Waals surface area contributed by atoms with E-state index >= 15 is 0 Å². The number of aromatic nitrogens is 2. The van der Waals surface area contributed by atoms with Crippen molar-refractivity contribution in [1.82, 2.24) is 15.2 Å². The maximum atomic E-state index is 13.5. The van der Waals surface area contributed by atoms with Crippen LogP contribution in [0.15, 0.2) is 75.6 Å². The Morgan fingerprint density at radius 3 is 2.66 bits per heavy atom. The van der Waals surface area contributed by atoms with Gasteiger partial charge in [0.15, 0.2) is 6.61 Å². The summed E-state index contributed by atoms with van der Waals surface area (Å²) in [6.45, 7) is 1.87. The van der Waals surface area contributed by atoms with E-state index in [1.54, 1.807) is 35.6 Å². The number of ether oxygens (including phenoxy) is 1. The van der Waals surface area contributed by atoms with Crippen LogP contribution in [0.25, 0.3) is 11.5 Å². The van der Waals surface area contributed by atoms with Crippen molar-refractivity contribution in [2.75, 3.05) is 6.61 Å². The Kier molecular flexibility index (Phi) is 6.67. The average Bonchev–Trinajstić information content (AvgIpc) is 3.64. The third kappa shape index (κ3) is 5.14. The molecular weight excluding hydrogens is 467 g/mol. The smallest absolute Gasteiger partial charge is 0.281 e. The number of carbonyl (C=O) groups is 1. The van der Waals surface area contributed by atoms with Gasteiger partial charge in [-0.2, -0.15) is 5.10 Å². The Morgan fingerprint density at radius 2 is 1.94 bits per heavy atom. The summed E-state index contributed by atoms with van der Waals surface area (Å²) in [6, 6.07) is 16.9. The van der Waals surface area contributed by atoms with Gasteiger partial charge in [-0.15, -0.1) is 21.5 Å². The molecule has 0 radical (unpaired) electrons. The van der Waals surface area contributed by atoms with Gasteiger partial charge >= 0.3 is 0 Å². The van der Waals surface area contributed by atoms with E-state index in [1.807, 2.05) is 29.6 Å². The minimum atomic E-state index is -0.321. The van der Waals surface area contributed by atoms with Gasteiger partial charge in [0.25, 0.3) is 5.91 Å². The van der Waals surface area contributed by atoms with Crippen LogP contribution < -0.4 is 4.74 Å². The zero-order valence-electron chi connectivity index (χ0n) is 19.1. The summed E-state index contributed by atoms with van der Waals surface area (Å²) >= 11 is 1.57. The van der Waals surface area contributed by atoms with E-state index in [1.165, 1.54) is 17.1 Å². The summed E-state index contributed by atoms with van der Waals surface area (Å²) in [6.07, 6.45) is 2.22. The first-order valence-electron chi connectivity index (χ1n) is 11.3. The van der Waals surface area contributed by atoms with Crippen molar-refractivity contribution >= 4 is 23.0 Å². The van der Waals surface area contributed by atoms with E-state index in [0.717, 1.165) is 34.6 Å². The third-order valence-electron chi connectivity index (χ3n) is 5.62. The van der Waals surface area contributed by atoms with Gasteiger partial charge in [-0.05, 0) is 59.8 Å². The lowest BCUT2D eigenvalue weighted by Crippen LogP contribution is -2.31.